The minimum Gasteiger partial charge on any atom is -0.453 e. The van der Waals surface area contributed by atoms with Gasteiger partial charge >= 0.3 is 0 Å². The van der Waals surface area contributed by atoms with E-state index in [4.69, 9.17) is 16.0 Å². The zero-order chi connectivity index (χ0) is 22.8. The van der Waals surface area contributed by atoms with Gasteiger partial charge in [-0.3, -0.25) is 9.36 Å². The van der Waals surface area contributed by atoms with E-state index < -0.39 is 0 Å². The van der Waals surface area contributed by atoms with Crippen LogP contribution in [0.4, 0.5) is 5.69 Å². The van der Waals surface area contributed by atoms with Gasteiger partial charge in [-0.05, 0) is 61.4 Å². The predicted molar refractivity (Wildman–Crippen MR) is 133 cm³/mol. The van der Waals surface area contributed by atoms with E-state index in [1.807, 2.05) is 48.7 Å². The fourth-order valence-corrected chi connectivity index (χ4v) is 4.59. The van der Waals surface area contributed by atoms with Crippen molar-refractivity contribution in [1.82, 2.24) is 14.8 Å². The highest BCUT2D eigenvalue weighted by molar-refractivity contribution is 9.10. The Morgan fingerprint density at radius 3 is 2.84 bits per heavy atom. The molecule has 0 unspecified atom stereocenters. The van der Waals surface area contributed by atoms with Gasteiger partial charge in [0.1, 0.15) is 5.58 Å². The Bertz CT molecular complexity index is 1330. The van der Waals surface area contributed by atoms with Crippen LogP contribution in [0.15, 0.2) is 63.1 Å². The second kappa shape index (κ2) is 9.52. The lowest BCUT2D eigenvalue weighted by atomic mass is 10.1. The summed E-state index contributed by atoms with van der Waals surface area (Å²) in [5.41, 5.74) is 3.63. The molecule has 164 valence electrons. The Morgan fingerprint density at radius 2 is 2.06 bits per heavy atom. The second-order valence-corrected chi connectivity index (χ2v) is 9.41. The molecule has 1 amide bonds. The minimum atomic E-state index is -0.118. The molecule has 2 aromatic heterocycles. The number of fused-ring (bicyclic) bond motifs is 1. The van der Waals surface area contributed by atoms with Gasteiger partial charge in [0, 0.05) is 27.1 Å². The Kier molecular flexibility index (Phi) is 6.74. The molecular weight excluding hydrogens is 512 g/mol. The van der Waals surface area contributed by atoms with Crippen molar-refractivity contribution in [2.24, 2.45) is 0 Å². The monoisotopic (exact) mass is 530 g/mol. The first-order valence-corrected chi connectivity index (χ1v) is 11.9. The smallest absolute Gasteiger partial charge is 0.234 e. The predicted octanol–water partition coefficient (Wildman–Crippen LogP) is 6.64. The van der Waals surface area contributed by atoms with Crippen LogP contribution in [0.3, 0.4) is 0 Å². The molecule has 0 saturated heterocycles. The lowest BCUT2D eigenvalue weighted by molar-refractivity contribution is -0.113. The van der Waals surface area contributed by atoms with Crippen LogP contribution in [0, 0.1) is 13.8 Å². The lowest BCUT2D eigenvalue weighted by Crippen LogP contribution is -2.15. The maximum atomic E-state index is 12.6. The second-order valence-electron chi connectivity index (χ2n) is 7.18. The summed E-state index contributed by atoms with van der Waals surface area (Å²) < 4.78 is 8.83. The largest absolute Gasteiger partial charge is 0.453 e. The molecule has 1 N–H and O–H groups in total. The van der Waals surface area contributed by atoms with Gasteiger partial charge in [0.15, 0.2) is 10.9 Å². The van der Waals surface area contributed by atoms with Crippen LogP contribution >= 0.6 is 39.3 Å². The van der Waals surface area contributed by atoms with Gasteiger partial charge in [0.25, 0.3) is 0 Å². The summed E-state index contributed by atoms with van der Waals surface area (Å²) in [4.78, 5) is 12.6. The van der Waals surface area contributed by atoms with Crippen molar-refractivity contribution < 1.29 is 9.21 Å². The van der Waals surface area contributed by atoms with Crippen LogP contribution in [0.5, 0.6) is 0 Å². The molecule has 32 heavy (non-hydrogen) atoms. The Labute approximate surface area is 203 Å². The summed E-state index contributed by atoms with van der Waals surface area (Å²) in [7, 11) is 0. The van der Waals surface area contributed by atoms with Gasteiger partial charge in [-0.15, -0.1) is 16.8 Å². The molecule has 4 aromatic rings. The van der Waals surface area contributed by atoms with E-state index in [9.17, 15) is 4.79 Å². The highest BCUT2D eigenvalue weighted by Crippen LogP contribution is 2.31. The summed E-state index contributed by atoms with van der Waals surface area (Å²) in [6.45, 7) is 8.30. The molecule has 0 bridgehead atoms. The number of carbonyl (C=O) groups excluding carboxylic acids is 1. The van der Waals surface area contributed by atoms with Crippen LogP contribution in [-0.2, 0) is 11.3 Å². The standard InChI is InChI=1S/C23H20BrClN4O2S/c1-4-9-29-22(20-11-15-10-16(25)5-8-19(15)31-20)27-28-23(29)32-12-21(30)26-18-7-6-17(24)13(2)14(18)3/h4-8,10-11H,1,9,12H2,2-3H3,(H,26,30). The fraction of sp³-hybridized carbons (Fsp3) is 0.174. The first-order valence-electron chi connectivity index (χ1n) is 9.79. The maximum Gasteiger partial charge on any atom is 0.234 e. The molecular formula is C23H20BrClN4O2S. The summed E-state index contributed by atoms with van der Waals surface area (Å²) in [5.74, 6) is 1.22. The molecule has 0 aliphatic rings. The summed E-state index contributed by atoms with van der Waals surface area (Å²) in [6.07, 6.45) is 1.75. The van der Waals surface area contributed by atoms with Crippen molar-refractivity contribution >= 4 is 61.9 Å². The molecule has 6 nitrogen and oxygen atoms in total. The number of anilines is 1. The van der Waals surface area contributed by atoms with Gasteiger partial charge in [0.2, 0.25) is 11.7 Å². The molecule has 0 aliphatic carbocycles. The number of thioether (sulfide) groups is 1. The number of amides is 1. The van der Waals surface area contributed by atoms with Crippen LogP contribution in [0.25, 0.3) is 22.6 Å². The Morgan fingerprint density at radius 1 is 1.25 bits per heavy atom. The molecule has 0 spiro atoms. The minimum absolute atomic E-state index is 0.118. The van der Waals surface area contributed by atoms with Gasteiger partial charge in [-0.25, -0.2) is 0 Å². The van der Waals surface area contributed by atoms with E-state index in [1.165, 1.54) is 11.8 Å². The Balaban J connectivity index is 1.53. The zero-order valence-electron chi connectivity index (χ0n) is 17.5. The fourth-order valence-electron chi connectivity index (χ4n) is 3.24. The molecule has 2 aromatic carbocycles. The molecule has 0 fully saturated rings. The third kappa shape index (κ3) is 4.62. The average Bonchev–Trinajstić information content (AvgIpc) is 3.36. The number of rotatable bonds is 7. The van der Waals surface area contributed by atoms with Crippen molar-refractivity contribution in [1.29, 1.82) is 0 Å². The third-order valence-electron chi connectivity index (χ3n) is 5.05. The van der Waals surface area contributed by atoms with E-state index >= 15 is 0 Å². The summed E-state index contributed by atoms with van der Waals surface area (Å²) in [5, 5.41) is 13.7. The average molecular weight is 532 g/mol. The molecule has 2 heterocycles. The van der Waals surface area contributed by atoms with Crippen molar-refractivity contribution in [2.75, 3.05) is 11.1 Å². The number of carbonyl (C=O) groups is 1. The third-order valence-corrected chi connectivity index (χ3v) is 7.12. The van der Waals surface area contributed by atoms with Gasteiger partial charge in [0.05, 0.1) is 5.75 Å². The SMILES string of the molecule is C=CCn1c(SCC(=O)Nc2ccc(Br)c(C)c2C)nnc1-c1cc2cc(Cl)ccc2o1. The van der Waals surface area contributed by atoms with Crippen LogP contribution in [0.2, 0.25) is 5.02 Å². The number of allylic oxidation sites excluding steroid dienone is 1. The number of nitrogens with zero attached hydrogens (tertiary/aromatic N) is 3. The van der Waals surface area contributed by atoms with Crippen molar-refractivity contribution in [2.45, 2.75) is 25.5 Å². The lowest BCUT2D eigenvalue weighted by Gasteiger charge is -2.12. The van der Waals surface area contributed by atoms with Crippen LogP contribution < -0.4 is 5.32 Å². The van der Waals surface area contributed by atoms with Crippen LogP contribution in [0.1, 0.15) is 11.1 Å². The van der Waals surface area contributed by atoms with E-state index in [1.54, 1.807) is 12.1 Å². The van der Waals surface area contributed by atoms with E-state index in [2.05, 4.69) is 38.0 Å². The van der Waals surface area contributed by atoms with Crippen molar-refractivity contribution in [3.8, 4) is 11.6 Å². The number of aromatic nitrogens is 3. The molecule has 4 rings (SSSR count). The molecule has 0 aliphatic heterocycles. The van der Waals surface area contributed by atoms with E-state index in [0.717, 1.165) is 26.7 Å². The molecule has 0 radical (unpaired) electrons. The van der Waals surface area contributed by atoms with Gasteiger partial charge in [-0.1, -0.05) is 45.4 Å². The van der Waals surface area contributed by atoms with Crippen molar-refractivity contribution in [3.63, 3.8) is 0 Å². The topological polar surface area (TPSA) is 73.0 Å². The quantitative estimate of drug-likeness (QED) is 0.214. The highest BCUT2D eigenvalue weighted by Gasteiger charge is 2.18. The summed E-state index contributed by atoms with van der Waals surface area (Å²) >= 11 is 10.9. The number of halogens is 2. The number of hydrogen-bond acceptors (Lipinski definition) is 5. The number of furan rings is 1. The highest BCUT2D eigenvalue weighted by atomic mass is 79.9. The van der Waals surface area contributed by atoms with Gasteiger partial charge in [-0.2, -0.15) is 0 Å². The van der Waals surface area contributed by atoms with Crippen LogP contribution in [-0.4, -0.2) is 26.4 Å². The molecule has 0 atom stereocenters. The molecule has 0 saturated carbocycles. The first kappa shape index (κ1) is 22.6. The summed E-state index contributed by atoms with van der Waals surface area (Å²) in [6, 6.07) is 11.1. The first-order chi connectivity index (χ1) is 15.4. The molecule has 9 heteroatoms. The number of nitrogens with one attached hydrogen (secondary N) is 1. The Hall–Kier alpha value is -2.55. The number of hydrogen-bond donors (Lipinski definition) is 1. The maximum absolute atomic E-state index is 12.6. The number of benzene rings is 2. The van der Waals surface area contributed by atoms with E-state index in [-0.39, 0.29) is 11.7 Å². The van der Waals surface area contributed by atoms with Crippen molar-refractivity contribution in [3.05, 3.63) is 69.7 Å². The zero-order valence-corrected chi connectivity index (χ0v) is 20.6. The normalized spacial score (nSPS) is 11.1. The van der Waals surface area contributed by atoms with E-state index in [0.29, 0.717) is 33.9 Å². The van der Waals surface area contributed by atoms with Gasteiger partial charge < -0.3 is 9.73 Å².